The van der Waals surface area contributed by atoms with Crippen LogP contribution in [0.2, 0.25) is 0 Å². The Balaban J connectivity index is 1.75. The summed E-state index contributed by atoms with van der Waals surface area (Å²) in [5, 5.41) is 7.46. The zero-order chi connectivity index (χ0) is 19.1. The predicted octanol–water partition coefficient (Wildman–Crippen LogP) is 2.98. The Morgan fingerprint density at radius 3 is 2.63 bits per heavy atom. The number of aromatic nitrogens is 4. The fourth-order valence-corrected chi connectivity index (χ4v) is 3.00. The minimum absolute atomic E-state index is 0.0964. The van der Waals surface area contributed by atoms with Crippen LogP contribution in [0.3, 0.4) is 0 Å². The molecule has 0 saturated carbocycles. The number of nitrogens with zero attached hydrogens (tertiary/aromatic N) is 5. The molecule has 0 radical (unpaired) electrons. The number of nitrogens with one attached hydrogen (secondary N) is 1. The van der Waals surface area contributed by atoms with Gasteiger partial charge in [-0.3, -0.25) is 4.68 Å². The van der Waals surface area contributed by atoms with E-state index in [-0.39, 0.29) is 12.1 Å². The molecule has 0 fully saturated rings. The van der Waals surface area contributed by atoms with Gasteiger partial charge in [0.25, 0.3) is 0 Å². The van der Waals surface area contributed by atoms with Crippen LogP contribution >= 0.6 is 0 Å². The lowest BCUT2D eigenvalue weighted by molar-refractivity contribution is 0.187. The molecule has 0 unspecified atom stereocenters. The van der Waals surface area contributed by atoms with E-state index in [4.69, 9.17) is 0 Å². The molecule has 0 saturated heterocycles. The van der Waals surface area contributed by atoms with Crippen LogP contribution in [0, 0.1) is 0 Å². The zero-order valence-corrected chi connectivity index (χ0v) is 15.8. The Labute approximate surface area is 159 Å². The summed E-state index contributed by atoms with van der Waals surface area (Å²) in [4.78, 5) is 19.2. The molecule has 142 valence electrons. The summed E-state index contributed by atoms with van der Waals surface area (Å²) in [6.07, 6.45) is 8.17. The highest BCUT2D eigenvalue weighted by Gasteiger charge is 2.21. The standard InChI is InChI=1S/C20H26N6O/c1-3-12-25(16-19-21-11-14-24(19)2)20(27)23-18(15-26-13-7-10-22-26)17-8-5-4-6-9-17/h4-11,13-14,18H,3,12,15-16H2,1-2H3,(H,23,27)/t18-/m0/s1. The molecule has 1 atom stereocenters. The second kappa shape index (κ2) is 9.02. The number of amides is 2. The number of carbonyl (C=O) groups excluding carboxylic acids is 1. The van der Waals surface area contributed by atoms with E-state index in [1.165, 1.54) is 0 Å². The maximum atomic E-state index is 13.0. The van der Waals surface area contributed by atoms with Crippen molar-refractivity contribution in [3.05, 3.63) is 72.6 Å². The van der Waals surface area contributed by atoms with Gasteiger partial charge in [0.2, 0.25) is 0 Å². The van der Waals surface area contributed by atoms with Gasteiger partial charge in [0.1, 0.15) is 5.82 Å². The van der Waals surface area contributed by atoms with Gasteiger partial charge in [-0.25, -0.2) is 9.78 Å². The van der Waals surface area contributed by atoms with Crippen molar-refractivity contribution in [1.82, 2.24) is 29.5 Å². The van der Waals surface area contributed by atoms with E-state index >= 15 is 0 Å². The molecule has 2 amide bonds. The van der Waals surface area contributed by atoms with Crippen molar-refractivity contribution in [2.75, 3.05) is 6.54 Å². The first-order valence-corrected chi connectivity index (χ1v) is 9.21. The summed E-state index contributed by atoms with van der Waals surface area (Å²) in [6.45, 7) is 3.79. The zero-order valence-electron chi connectivity index (χ0n) is 15.8. The maximum Gasteiger partial charge on any atom is 0.318 e. The van der Waals surface area contributed by atoms with Gasteiger partial charge in [-0.15, -0.1) is 0 Å². The van der Waals surface area contributed by atoms with Crippen LogP contribution in [0.15, 0.2) is 61.2 Å². The van der Waals surface area contributed by atoms with Crippen LogP contribution < -0.4 is 5.32 Å². The molecule has 2 aromatic heterocycles. The Morgan fingerprint density at radius 1 is 1.19 bits per heavy atom. The molecule has 0 spiro atoms. The molecule has 7 nitrogen and oxygen atoms in total. The Hall–Kier alpha value is -3.09. The fraction of sp³-hybridized carbons (Fsp3) is 0.350. The molecular weight excluding hydrogens is 340 g/mol. The molecule has 0 bridgehead atoms. The summed E-state index contributed by atoms with van der Waals surface area (Å²) in [6, 6.07) is 11.6. The Kier molecular flexibility index (Phi) is 6.25. The SMILES string of the molecule is CCCN(Cc1nccn1C)C(=O)N[C@@H](Cn1cccn1)c1ccccc1. The maximum absolute atomic E-state index is 13.0. The van der Waals surface area contributed by atoms with E-state index < -0.39 is 0 Å². The van der Waals surface area contributed by atoms with Crippen LogP contribution in [0.25, 0.3) is 0 Å². The van der Waals surface area contributed by atoms with Gasteiger partial charge >= 0.3 is 6.03 Å². The van der Waals surface area contributed by atoms with Crippen molar-refractivity contribution in [3.63, 3.8) is 0 Å². The summed E-state index contributed by atoms with van der Waals surface area (Å²) in [7, 11) is 1.94. The second-order valence-electron chi connectivity index (χ2n) is 6.52. The van der Waals surface area contributed by atoms with E-state index in [2.05, 4.69) is 22.3 Å². The van der Waals surface area contributed by atoms with Crippen molar-refractivity contribution >= 4 is 6.03 Å². The van der Waals surface area contributed by atoms with Gasteiger partial charge in [-0.2, -0.15) is 5.10 Å². The molecule has 0 aliphatic heterocycles. The molecule has 1 N–H and O–H groups in total. The molecule has 27 heavy (non-hydrogen) atoms. The molecule has 7 heteroatoms. The number of imidazole rings is 1. The summed E-state index contributed by atoms with van der Waals surface area (Å²) in [5.74, 6) is 0.863. The van der Waals surface area contributed by atoms with Crippen molar-refractivity contribution in [2.24, 2.45) is 7.05 Å². The predicted molar refractivity (Wildman–Crippen MR) is 104 cm³/mol. The molecular formula is C20H26N6O. The van der Waals surface area contributed by atoms with E-state index in [0.717, 1.165) is 17.8 Å². The topological polar surface area (TPSA) is 68.0 Å². The minimum Gasteiger partial charge on any atom is -0.337 e. The number of aryl methyl sites for hydroxylation is 1. The highest BCUT2D eigenvalue weighted by atomic mass is 16.2. The van der Waals surface area contributed by atoms with Gasteiger partial charge in [0, 0.05) is 38.4 Å². The Morgan fingerprint density at radius 2 is 2.00 bits per heavy atom. The molecule has 1 aromatic carbocycles. The second-order valence-corrected chi connectivity index (χ2v) is 6.52. The highest BCUT2D eigenvalue weighted by molar-refractivity contribution is 5.74. The van der Waals surface area contributed by atoms with E-state index in [9.17, 15) is 4.79 Å². The number of carbonyl (C=O) groups is 1. The number of benzene rings is 1. The molecule has 0 aliphatic carbocycles. The van der Waals surface area contributed by atoms with Gasteiger partial charge < -0.3 is 14.8 Å². The first-order chi connectivity index (χ1) is 13.2. The Bertz CT molecular complexity index is 827. The third-order valence-corrected chi connectivity index (χ3v) is 4.46. The van der Waals surface area contributed by atoms with Crippen molar-refractivity contribution < 1.29 is 4.79 Å². The molecule has 3 aromatic rings. The number of hydrogen-bond donors (Lipinski definition) is 1. The summed E-state index contributed by atoms with van der Waals surface area (Å²) >= 11 is 0. The minimum atomic E-state index is -0.167. The quantitative estimate of drug-likeness (QED) is 0.666. The van der Waals surface area contributed by atoms with E-state index in [1.54, 1.807) is 17.3 Å². The van der Waals surface area contributed by atoms with Crippen molar-refractivity contribution in [2.45, 2.75) is 32.5 Å². The van der Waals surface area contributed by atoms with Crippen LogP contribution in [0.4, 0.5) is 4.79 Å². The fourth-order valence-electron chi connectivity index (χ4n) is 3.00. The van der Waals surface area contributed by atoms with Gasteiger partial charge in [0.15, 0.2) is 0 Å². The van der Waals surface area contributed by atoms with Crippen LogP contribution in [-0.4, -0.2) is 36.8 Å². The normalized spacial score (nSPS) is 11.9. The smallest absolute Gasteiger partial charge is 0.318 e. The van der Waals surface area contributed by atoms with Gasteiger partial charge in [-0.1, -0.05) is 37.3 Å². The lowest BCUT2D eigenvalue weighted by atomic mass is 10.1. The molecule has 3 rings (SSSR count). The molecule has 0 aliphatic rings. The first kappa shape index (κ1) is 18.7. The summed E-state index contributed by atoms with van der Waals surface area (Å²) < 4.78 is 3.77. The first-order valence-electron chi connectivity index (χ1n) is 9.21. The monoisotopic (exact) mass is 366 g/mol. The van der Waals surface area contributed by atoms with Gasteiger partial charge in [-0.05, 0) is 18.1 Å². The number of urea groups is 1. The largest absolute Gasteiger partial charge is 0.337 e. The third-order valence-electron chi connectivity index (χ3n) is 4.46. The van der Waals surface area contributed by atoms with E-state index in [0.29, 0.717) is 19.6 Å². The van der Waals surface area contributed by atoms with Crippen molar-refractivity contribution in [1.29, 1.82) is 0 Å². The average Bonchev–Trinajstić information content (AvgIpc) is 3.33. The van der Waals surface area contributed by atoms with E-state index in [1.807, 2.05) is 65.1 Å². The van der Waals surface area contributed by atoms with Crippen LogP contribution in [-0.2, 0) is 20.1 Å². The van der Waals surface area contributed by atoms with Crippen LogP contribution in [0.5, 0.6) is 0 Å². The van der Waals surface area contributed by atoms with Crippen molar-refractivity contribution in [3.8, 4) is 0 Å². The lowest BCUT2D eigenvalue weighted by Crippen LogP contribution is -2.43. The summed E-state index contributed by atoms with van der Waals surface area (Å²) in [5.41, 5.74) is 1.05. The lowest BCUT2D eigenvalue weighted by Gasteiger charge is -2.26. The highest BCUT2D eigenvalue weighted by Crippen LogP contribution is 2.16. The number of hydrogen-bond acceptors (Lipinski definition) is 3. The van der Waals surface area contributed by atoms with Gasteiger partial charge in [0.05, 0.1) is 19.1 Å². The number of rotatable bonds is 8. The average molecular weight is 366 g/mol. The third kappa shape index (κ3) is 4.97. The van der Waals surface area contributed by atoms with Crippen LogP contribution in [0.1, 0.15) is 30.8 Å². The molecule has 2 heterocycles.